The third-order valence-electron chi connectivity index (χ3n) is 7.70. The summed E-state index contributed by atoms with van der Waals surface area (Å²) < 4.78 is 1.25. The number of aliphatic carboxylic acids is 1. The lowest BCUT2D eigenvalue weighted by atomic mass is 10.1. The molecule has 0 saturated carbocycles. The van der Waals surface area contributed by atoms with Crippen molar-refractivity contribution in [3.8, 4) is 0 Å². The Hall–Kier alpha value is -3.77. The highest BCUT2D eigenvalue weighted by atomic mass is 32.2. The van der Waals surface area contributed by atoms with Gasteiger partial charge >= 0.3 is 5.97 Å². The van der Waals surface area contributed by atoms with Crippen molar-refractivity contribution in [2.24, 2.45) is 11.7 Å². The third-order valence-corrected chi connectivity index (χ3v) is 9.21. The predicted molar refractivity (Wildman–Crippen MR) is 149 cm³/mol. The van der Waals surface area contributed by atoms with Crippen LogP contribution in [-0.4, -0.2) is 125 Å². The maximum Gasteiger partial charge on any atom is 0.353 e. The van der Waals surface area contributed by atoms with Crippen LogP contribution in [0.15, 0.2) is 16.9 Å². The summed E-state index contributed by atoms with van der Waals surface area (Å²) in [5.74, 6) is -2.74. The molecule has 4 rings (SSSR count). The Kier molecular flexibility index (Phi) is 9.67. The first kappa shape index (κ1) is 31.2. The zero-order valence-electron chi connectivity index (χ0n) is 23.6. The van der Waals surface area contributed by atoms with Crippen LogP contribution in [-0.2, 0) is 25.7 Å². The lowest BCUT2D eigenvalue weighted by Gasteiger charge is -2.26. The molecule has 17 nitrogen and oxygen atoms in total. The van der Waals surface area contributed by atoms with Gasteiger partial charge in [-0.15, -0.1) is 16.9 Å². The van der Waals surface area contributed by atoms with E-state index in [4.69, 9.17) is 11.1 Å². The fourth-order valence-electron chi connectivity index (χ4n) is 5.53. The number of amides is 3. The minimum absolute atomic E-state index is 0.0761. The van der Waals surface area contributed by atoms with Gasteiger partial charge in [0.25, 0.3) is 0 Å². The summed E-state index contributed by atoms with van der Waals surface area (Å²) >= 11 is 1.36. The Labute approximate surface area is 246 Å². The van der Waals surface area contributed by atoms with Gasteiger partial charge in [0.1, 0.15) is 18.6 Å². The number of aromatic nitrogens is 4. The highest BCUT2D eigenvalue weighted by Crippen LogP contribution is 2.44. The highest BCUT2D eigenvalue weighted by molar-refractivity contribution is 8.03. The molecule has 42 heavy (non-hydrogen) atoms. The fourth-order valence-corrected chi connectivity index (χ4v) is 7.06. The summed E-state index contributed by atoms with van der Waals surface area (Å²) in [7, 11) is 0. The first-order valence-electron chi connectivity index (χ1n) is 13.6. The lowest BCUT2D eigenvalue weighted by molar-refractivity contribution is -0.140. The van der Waals surface area contributed by atoms with E-state index >= 15 is 0 Å². The summed E-state index contributed by atoms with van der Waals surface area (Å²) in [6.07, 6.45) is 0.788. The number of carboxylic acids is 1. The highest BCUT2D eigenvalue weighted by Gasteiger charge is 2.45. The van der Waals surface area contributed by atoms with Crippen molar-refractivity contribution in [2.75, 3.05) is 19.6 Å². The van der Waals surface area contributed by atoms with E-state index in [1.165, 1.54) is 32.6 Å². The molecule has 0 spiro atoms. The number of tetrazole rings is 1. The van der Waals surface area contributed by atoms with Gasteiger partial charge in [-0.1, -0.05) is 6.92 Å². The third kappa shape index (κ3) is 6.99. The molecule has 4 heterocycles. The lowest BCUT2D eigenvalue weighted by Crippen LogP contribution is -2.47. The van der Waals surface area contributed by atoms with Crippen LogP contribution in [0.1, 0.15) is 33.6 Å². The van der Waals surface area contributed by atoms with Crippen molar-refractivity contribution in [1.29, 1.82) is 5.41 Å². The van der Waals surface area contributed by atoms with Crippen LogP contribution in [0.3, 0.4) is 0 Å². The van der Waals surface area contributed by atoms with E-state index in [0.29, 0.717) is 17.9 Å². The van der Waals surface area contributed by atoms with Gasteiger partial charge in [-0.25, -0.2) is 9.48 Å². The monoisotopic (exact) mass is 607 g/mol. The molecule has 230 valence electrons. The number of nitrogens with one attached hydrogen (secondary N) is 4. The van der Waals surface area contributed by atoms with Crippen LogP contribution in [0.25, 0.3) is 0 Å². The summed E-state index contributed by atoms with van der Waals surface area (Å²) in [6, 6.07) is -2.01. The maximum absolute atomic E-state index is 13.3. The summed E-state index contributed by atoms with van der Waals surface area (Å²) in [5.41, 5.74) is 5.29. The van der Waals surface area contributed by atoms with E-state index in [-0.39, 0.29) is 60.7 Å². The smallest absolute Gasteiger partial charge is 0.353 e. The predicted octanol–water partition coefficient (Wildman–Crippen LogP) is -2.75. The van der Waals surface area contributed by atoms with E-state index in [1.807, 2.05) is 6.92 Å². The average molecular weight is 608 g/mol. The van der Waals surface area contributed by atoms with Crippen LogP contribution in [0, 0.1) is 11.3 Å². The Morgan fingerprint density at radius 2 is 2.02 bits per heavy atom. The average Bonchev–Trinajstić information content (AvgIpc) is 3.69. The van der Waals surface area contributed by atoms with Gasteiger partial charge < -0.3 is 41.7 Å². The van der Waals surface area contributed by atoms with Crippen molar-refractivity contribution in [3.05, 3.63) is 16.9 Å². The van der Waals surface area contributed by atoms with Gasteiger partial charge in [0.05, 0.1) is 18.2 Å². The van der Waals surface area contributed by atoms with Gasteiger partial charge in [-0.05, 0) is 30.7 Å². The van der Waals surface area contributed by atoms with Crippen molar-refractivity contribution in [2.45, 2.75) is 75.7 Å². The summed E-state index contributed by atoms with van der Waals surface area (Å²) in [6.45, 7) is 6.02. The van der Waals surface area contributed by atoms with Gasteiger partial charge in [-0.2, -0.15) is 0 Å². The zero-order chi connectivity index (χ0) is 30.7. The number of thioether (sulfide) groups is 1. The molecule has 2 fully saturated rings. The Morgan fingerprint density at radius 3 is 2.67 bits per heavy atom. The van der Waals surface area contributed by atoms with Gasteiger partial charge in [0, 0.05) is 54.2 Å². The van der Waals surface area contributed by atoms with Crippen LogP contribution >= 0.6 is 11.8 Å². The topological polar surface area (TPSA) is 245 Å². The van der Waals surface area contributed by atoms with Crippen molar-refractivity contribution < 1.29 is 29.4 Å². The quantitative estimate of drug-likeness (QED) is 0.105. The second kappa shape index (κ2) is 13.0. The molecule has 0 bridgehead atoms. The number of carbonyl (C=O) groups is 4. The number of nitrogens with two attached hydrogens (primary N) is 1. The maximum atomic E-state index is 13.3. The van der Waals surface area contributed by atoms with E-state index < -0.39 is 42.1 Å². The number of carbonyl (C=O) groups excluding carboxylic acids is 3. The second-order valence-corrected chi connectivity index (χ2v) is 12.2. The number of aliphatic hydroxyl groups excluding tert-OH is 1. The number of hydrogen-bond acceptors (Lipinski definition) is 11. The number of β-amino-alcohol motifs (C(OH)–C–C–N with tert-alkyl or cyclic N) is 1. The molecule has 1 aromatic rings. The summed E-state index contributed by atoms with van der Waals surface area (Å²) in [5, 5.41) is 46.8. The minimum atomic E-state index is -1.22. The normalized spacial score (nSPS) is 28.2. The van der Waals surface area contributed by atoms with Crippen molar-refractivity contribution in [3.63, 3.8) is 0 Å². The second-order valence-electron chi connectivity index (χ2n) is 10.9. The molecule has 0 aromatic carbocycles. The molecule has 3 amide bonds. The van der Waals surface area contributed by atoms with E-state index in [1.54, 1.807) is 13.8 Å². The Bertz CT molecular complexity index is 1240. The van der Waals surface area contributed by atoms with Crippen LogP contribution < -0.4 is 21.7 Å². The van der Waals surface area contributed by atoms with Gasteiger partial charge in [0.15, 0.2) is 5.96 Å². The number of rotatable bonds is 10. The minimum Gasteiger partial charge on any atom is -0.477 e. The van der Waals surface area contributed by atoms with Crippen LogP contribution in [0.2, 0.25) is 0 Å². The number of hydrogen-bond donors (Lipinski definition) is 7. The first-order chi connectivity index (χ1) is 19.8. The van der Waals surface area contributed by atoms with Crippen LogP contribution in [0.5, 0.6) is 0 Å². The summed E-state index contributed by atoms with van der Waals surface area (Å²) in [4.78, 5) is 54.6. The van der Waals surface area contributed by atoms with Gasteiger partial charge in [-0.3, -0.25) is 19.8 Å². The molecule has 0 radical (unpaired) electrons. The number of guanidine groups is 1. The van der Waals surface area contributed by atoms with Crippen molar-refractivity contribution >= 4 is 41.4 Å². The SMILES string of the molecule is C[C@H](CC(=O)N1C(C(=O)O)=C(S[C@@H]2CN[C@H](C(=O)N3C[C@H](NC(=N)N)[C@@H](O)C3)C2)[C@H](C)[C@@H]1C)NC(=O)Cn1cnnn1. The number of carboxylic acid groups (broad SMARTS) is 1. The van der Waals surface area contributed by atoms with E-state index in [0.717, 1.165) is 0 Å². The Morgan fingerprint density at radius 1 is 1.29 bits per heavy atom. The number of nitrogens with zero attached hydrogens (tertiary/aromatic N) is 6. The first-order valence-corrected chi connectivity index (χ1v) is 14.5. The molecule has 8 N–H and O–H groups in total. The molecular formula is C24H37N11O6S. The van der Waals surface area contributed by atoms with Crippen LogP contribution in [0.4, 0.5) is 0 Å². The van der Waals surface area contributed by atoms with E-state index in [9.17, 15) is 29.4 Å². The molecule has 0 aliphatic carbocycles. The molecule has 0 unspecified atom stereocenters. The molecular weight excluding hydrogens is 570 g/mol. The number of likely N-dealkylation sites (tertiary alicyclic amines) is 1. The molecule has 7 atom stereocenters. The fraction of sp³-hybridized carbons (Fsp3) is 0.667. The van der Waals surface area contributed by atoms with Crippen molar-refractivity contribution in [1.82, 2.24) is 46.0 Å². The molecule has 3 aliphatic rings. The largest absolute Gasteiger partial charge is 0.477 e. The molecule has 18 heteroatoms. The molecule has 1 aromatic heterocycles. The molecule has 2 saturated heterocycles. The Balaban J connectivity index is 1.37. The molecule has 3 aliphatic heterocycles. The zero-order valence-corrected chi connectivity index (χ0v) is 24.4. The standard InChI is InChI=1S/C24H37N11O6S/c1-11(29-18(37)9-34-10-28-31-32-34)4-19(38)35-13(3)12(2)21(20(35)23(40)41)42-14-5-15(27-6-14)22(39)33-7-16(17(36)8-33)30-24(25)26/h10-17,27,36H,4-9H2,1-3H3,(H,29,37)(H,40,41)(H4,25,26,30)/t11-,12-,13+,14+,15+,16+,17+/m1/s1. The number of aliphatic hydroxyl groups is 1. The van der Waals surface area contributed by atoms with Gasteiger partial charge in [0.2, 0.25) is 17.7 Å². The van der Waals surface area contributed by atoms with E-state index in [2.05, 4.69) is 31.5 Å².